The van der Waals surface area contributed by atoms with E-state index in [-0.39, 0.29) is 17.4 Å². The van der Waals surface area contributed by atoms with Crippen molar-refractivity contribution in [1.82, 2.24) is 9.38 Å². The van der Waals surface area contributed by atoms with Crippen LogP contribution in [0.3, 0.4) is 0 Å². The fraction of sp³-hybridized carbons (Fsp3) is 0.385. The second-order valence-electron chi connectivity index (χ2n) is 4.92. The van der Waals surface area contributed by atoms with Crippen LogP contribution in [0.2, 0.25) is 0 Å². The van der Waals surface area contributed by atoms with Crippen molar-refractivity contribution in [3.05, 3.63) is 35.9 Å². The van der Waals surface area contributed by atoms with E-state index in [0.717, 1.165) is 5.52 Å². The minimum Gasteiger partial charge on any atom is -0.465 e. The summed E-state index contributed by atoms with van der Waals surface area (Å²) in [6.45, 7) is 0. The molecule has 0 spiro atoms. The molecule has 20 heavy (non-hydrogen) atoms. The number of carbonyl (C=O) groups excluding carboxylic acids is 1. The molecule has 2 aromatic heterocycles. The molecule has 106 valence electrons. The Hall–Kier alpha value is -1.89. The summed E-state index contributed by atoms with van der Waals surface area (Å²) in [6.07, 6.45) is 3.90. The first-order valence-corrected chi connectivity index (χ1v) is 8.08. The Labute approximate surface area is 116 Å². The van der Waals surface area contributed by atoms with Crippen LogP contribution in [-0.2, 0) is 14.6 Å². The van der Waals surface area contributed by atoms with Crippen molar-refractivity contribution >= 4 is 21.3 Å². The molecule has 1 aliphatic rings. The smallest absolute Gasteiger partial charge is 0.339 e. The van der Waals surface area contributed by atoms with Crippen LogP contribution in [-0.4, -0.2) is 42.4 Å². The van der Waals surface area contributed by atoms with Crippen LogP contribution in [0.25, 0.3) is 5.52 Å². The van der Waals surface area contributed by atoms with Crippen molar-refractivity contribution in [2.45, 2.75) is 12.3 Å². The lowest BCUT2D eigenvalue weighted by atomic mass is 10.1. The van der Waals surface area contributed by atoms with E-state index >= 15 is 0 Å². The van der Waals surface area contributed by atoms with Crippen LogP contribution < -0.4 is 0 Å². The first-order valence-electron chi connectivity index (χ1n) is 6.26. The zero-order valence-corrected chi connectivity index (χ0v) is 11.8. The highest BCUT2D eigenvalue weighted by Gasteiger charge is 2.31. The van der Waals surface area contributed by atoms with Gasteiger partial charge in [0.25, 0.3) is 0 Å². The second-order valence-corrected chi connectivity index (χ2v) is 7.15. The third-order valence-electron chi connectivity index (χ3n) is 3.57. The fourth-order valence-electron chi connectivity index (χ4n) is 2.55. The molecule has 0 N–H and O–H groups in total. The van der Waals surface area contributed by atoms with Gasteiger partial charge in [-0.15, -0.1) is 0 Å². The lowest BCUT2D eigenvalue weighted by Gasteiger charge is -2.08. The average molecular weight is 294 g/mol. The summed E-state index contributed by atoms with van der Waals surface area (Å²) >= 11 is 0. The third kappa shape index (κ3) is 2.18. The SMILES string of the molecule is COC(=O)c1ccc2cnc(C3CCS(=O)(=O)C3)n2c1. The van der Waals surface area contributed by atoms with Crippen molar-refractivity contribution in [1.29, 1.82) is 0 Å². The van der Waals surface area contributed by atoms with Crippen LogP contribution in [0.15, 0.2) is 24.5 Å². The summed E-state index contributed by atoms with van der Waals surface area (Å²) in [4.78, 5) is 15.9. The quantitative estimate of drug-likeness (QED) is 0.773. The molecule has 1 aliphatic heterocycles. The monoisotopic (exact) mass is 294 g/mol. The average Bonchev–Trinajstić information content (AvgIpc) is 2.99. The molecule has 3 rings (SSSR count). The van der Waals surface area contributed by atoms with Crippen LogP contribution in [0.5, 0.6) is 0 Å². The molecule has 0 amide bonds. The Morgan fingerprint density at radius 2 is 2.25 bits per heavy atom. The summed E-state index contributed by atoms with van der Waals surface area (Å²) < 4.78 is 29.6. The van der Waals surface area contributed by atoms with Crippen molar-refractivity contribution < 1.29 is 17.9 Å². The molecule has 0 aromatic carbocycles. The Bertz CT molecular complexity index is 779. The van der Waals surface area contributed by atoms with Gasteiger partial charge in [0.05, 0.1) is 35.9 Å². The van der Waals surface area contributed by atoms with E-state index in [2.05, 4.69) is 4.98 Å². The number of nitrogens with zero attached hydrogens (tertiary/aromatic N) is 2. The van der Waals surface area contributed by atoms with Gasteiger partial charge in [0, 0.05) is 12.1 Å². The zero-order chi connectivity index (χ0) is 14.3. The van der Waals surface area contributed by atoms with E-state index in [1.165, 1.54) is 7.11 Å². The van der Waals surface area contributed by atoms with Crippen molar-refractivity contribution in [2.24, 2.45) is 0 Å². The molecule has 0 radical (unpaired) electrons. The van der Waals surface area contributed by atoms with Crippen LogP contribution in [0.4, 0.5) is 0 Å². The molecule has 1 unspecified atom stereocenters. The van der Waals surface area contributed by atoms with E-state index in [0.29, 0.717) is 17.8 Å². The lowest BCUT2D eigenvalue weighted by Crippen LogP contribution is -2.08. The van der Waals surface area contributed by atoms with Gasteiger partial charge in [-0.3, -0.25) is 0 Å². The summed E-state index contributed by atoms with van der Waals surface area (Å²) in [5.74, 6) is 0.463. The number of hydrogen-bond donors (Lipinski definition) is 0. The molecular formula is C13H14N2O4S. The highest BCUT2D eigenvalue weighted by molar-refractivity contribution is 7.91. The number of pyridine rings is 1. The summed E-state index contributed by atoms with van der Waals surface area (Å²) in [6, 6.07) is 3.43. The van der Waals surface area contributed by atoms with Crippen LogP contribution in [0.1, 0.15) is 28.5 Å². The van der Waals surface area contributed by atoms with E-state index in [1.54, 1.807) is 28.9 Å². The number of methoxy groups -OCH3 is 1. The minimum atomic E-state index is -2.97. The number of hydrogen-bond acceptors (Lipinski definition) is 5. The fourth-order valence-corrected chi connectivity index (χ4v) is 4.29. The van der Waals surface area contributed by atoms with Gasteiger partial charge in [0.1, 0.15) is 5.82 Å². The van der Waals surface area contributed by atoms with Gasteiger partial charge in [-0.2, -0.15) is 0 Å². The number of fused-ring (bicyclic) bond motifs is 1. The molecule has 2 aromatic rings. The Balaban J connectivity index is 2.06. The van der Waals surface area contributed by atoms with Gasteiger partial charge < -0.3 is 9.14 Å². The Morgan fingerprint density at radius 3 is 2.90 bits per heavy atom. The maximum atomic E-state index is 11.6. The van der Waals surface area contributed by atoms with E-state index in [9.17, 15) is 13.2 Å². The van der Waals surface area contributed by atoms with Gasteiger partial charge in [0.2, 0.25) is 0 Å². The Kier molecular flexibility index (Phi) is 3.01. The summed E-state index contributed by atoms with van der Waals surface area (Å²) in [7, 11) is -1.64. The van der Waals surface area contributed by atoms with E-state index in [1.807, 2.05) is 0 Å². The Morgan fingerprint density at radius 1 is 1.45 bits per heavy atom. The molecule has 0 saturated carbocycles. The molecular weight excluding hydrogens is 280 g/mol. The van der Waals surface area contributed by atoms with Gasteiger partial charge >= 0.3 is 5.97 Å². The van der Waals surface area contributed by atoms with Gasteiger partial charge in [-0.1, -0.05) is 0 Å². The predicted molar refractivity (Wildman–Crippen MR) is 72.5 cm³/mol. The highest BCUT2D eigenvalue weighted by atomic mass is 32.2. The molecule has 3 heterocycles. The first-order chi connectivity index (χ1) is 9.50. The minimum absolute atomic E-state index is 0.115. The molecule has 1 fully saturated rings. The standard InChI is InChI=1S/C13H14N2O4S/c1-19-13(16)9-2-3-11-6-14-12(15(11)7-9)10-4-5-20(17,18)8-10/h2-3,6-7,10H,4-5,8H2,1H3. The number of sulfone groups is 1. The lowest BCUT2D eigenvalue weighted by molar-refractivity contribution is 0.0600. The number of rotatable bonds is 2. The number of carbonyl (C=O) groups is 1. The van der Waals surface area contributed by atoms with Gasteiger partial charge in [-0.05, 0) is 18.6 Å². The van der Waals surface area contributed by atoms with Crippen molar-refractivity contribution in [2.75, 3.05) is 18.6 Å². The maximum absolute atomic E-state index is 11.6. The number of ether oxygens (including phenoxy) is 1. The topological polar surface area (TPSA) is 77.7 Å². The molecule has 7 heteroatoms. The van der Waals surface area contributed by atoms with Crippen molar-refractivity contribution in [3.63, 3.8) is 0 Å². The predicted octanol–water partition coefficient (Wildman–Crippen LogP) is 1.02. The van der Waals surface area contributed by atoms with E-state index < -0.39 is 15.8 Å². The molecule has 1 atom stereocenters. The molecule has 0 bridgehead atoms. The number of aromatic nitrogens is 2. The maximum Gasteiger partial charge on any atom is 0.339 e. The summed E-state index contributed by atoms with van der Waals surface area (Å²) in [5, 5.41) is 0. The molecule has 1 saturated heterocycles. The van der Waals surface area contributed by atoms with Gasteiger partial charge in [-0.25, -0.2) is 18.2 Å². The van der Waals surface area contributed by atoms with E-state index in [4.69, 9.17) is 4.74 Å². The second kappa shape index (κ2) is 4.59. The third-order valence-corrected chi connectivity index (χ3v) is 5.34. The van der Waals surface area contributed by atoms with Crippen molar-refractivity contribution in [3.8, 4) is 0 Å². The summed E-state index contributed by atoms with van der Waals surface area (Å²) in [5.41, 5.74) is 1.25. The number of esters is 1. The normalized spacial score (nSPS) is 21.1. The first kappa shape index (κ1) is 13.1. The largest absolute Gasteiger partial charge is 0.465 e. The van der Waals surface area contributed by atoms with Crippen LogP contribution in [0, 0.1) is 0 Å². The zero-order valence-electron chi connectivity index (χ0n) is 10.9. The highest BCUT2D eigenvalue weighted by Crippen LogP contribution is 2.28. The van der Waals surface area contributed by atoms with Crippen LogP contribution >= 0.6 is 0 Å². The number of imidazole rings is 1. The molecule has 0 aliphatic carbocycles. The van der Waals surface area contributed by atoms with Gasteiger partial charge in [0.15, 0.2) is 9.84 Å². The molecule has 6 nitrogen and oxygen atoms in total.